The summed E-state index contributed by atoms with van der Waals surface area (Å²) in [5.74, 6) is 0.0510. The number of amides is 1. The van der Waals surface area contributed by atoms with Crippen LogP contribution in [-0.4, -0.2) is 65.3 Å². The molecule has 0 saturated carbocycles. The predicted molar refractivity (Wildman–Crippen MR) is 113 cm³/mol. The maximum Gasteiger partial charge on any atom is 0.273 e. The van der Waals surface area contributed by atoms with Crippen LogP contribution in [-0.2, 0) is 4.74 Å². The van der Waals surface area contributed by atoms with Gasteiger partial charge in [-0.1, -0.05) is 36.4 Å². The summed E-state index contributed by atoms with van der Waals surface area (Å²) in [5, 5.41) is 9.62. The van der Waals surface area contributed by atoms with Gasteiger partial charge in [-0.15, -0.1) is 11.3 Å². The van der Waals surface area contributed by atoms with Crippen molar-refractivity contribution in [3.8, 4) is 11.3 Å². The molecule has 1 amide bonds. The van der Waals surface area contributed by atoms with Crippen LogP contribution >= 0.6 is 11.3 Å². The molecule has 150 valence electrons. The van der Waals surface area contributed by atoms with Crippen molar-refractivity contribution < 1.29 is 9.53 Å². The van der Waals surface area contributed by atoms with Crippen molar-refractivity contribution in [3.05, 3.63) is 64.0 Å². The zero-order valence-electron chi connectivity index (χ0n) is 16.2. The second-order valence-corrected chi connectivity index (χ2v) is 8.43. The maximum atomic E-state index is 13.3. The van der Waals surface area contributed by atoms with Gasteiger partial charge in [-0.2, -0.15) is 5.10 Å². The van der Waals surface area contributed by atoms with Crippen LogP contribution in [0.3, 0.4) is 0 Å². The fraction of sp³-hybridized carbons (Fsp3) is 0.364. The molecule has 7 heteroatoms. The van der Waals surface area contributed by atoms with E-state index in [1.807, 2.05) is 35.2 Å². The summed E-state index contributed by atoms with van der Waals surface area (Å²) in [4.78, 5) is 18.9. The van der Waals surface area contributed by atoms with Crippen molar-refractivity contribution in [2.45, 2.75) is 12.5 Å². The minimum absolute atomic E-state index is 0.0510. The molecule has 29 heavy (non-hydrogen) atoms. The van der Waals surface area contributed by atoms with Crippen molar-refractivity contribution >= 4 is 17.2 Å². The lowest BCUT2D eigenvalue weighted by molar-refractivity contribution is 0.0354. The number of thiophene rings is 1. The van der Waals surface area contributed by atoms with E-state index in [2.05, 4.69) is 32.6 Å². The van der Waals surface area contributed by atoms with Crippen LogP contribution in [0.2, 0.25) is 0 Å². The molecule has 6 nitrogen and oxygen atoms in total. The Bertz CT molecular complexity index is 964. The van der Waals surface area contributed by atoms with Gasteiger partial charge in [0.05, 0.1) is 24.9 Å². The standard InChI is InChI=1S/C22H24N4O2S/c27-22-20-18(19(23-24-20)16-6-2-1-3-7-16)21(17-8-4-15-29-17)26(22)10-5-9-25-11-13-28-14-12-25/h1-4,6-8,15,21H,5,9-14H2,(H,23,24). The second-order valence-electron chi connectivity index (χ2n) is 7.45. The molecule has 0 spiro atoms. The van der Waals surface area contributed by atoms with Crippen molar-refractivity contribution in [1.82, 2.24) is 20.0 Å². The lowest BCUT2D eigenvalue weighted by atomic mass is 10.0. The summed E-state index contributed by atoms with van der Waals surface area (Å²) in [6, 6.07) is 14.2. The highest BCUT2D eigenvalue weighted by Crippen LogP contribution is 2.43. The second kappa shape index (κ2) is 8.10. The van der Waals surface area contributed by atoms with Gasteiger partial charge in [-0.05, 0) is 17.9 Å². The molecule has 1 saturated heterocycles. The highest BCUT2D eigenvalue weighted by molar-refractivity contribution is 7.10. The Balaban J connectivity index is 1.43. The molecule has 1 fully saturated rings. The molecule has 3 aromatic rings. The van der Waals surface area contributed by atoms with Crippen molar-refractivity contribution in [2.75, 3.05) is 39.4 Å². The van der Waals surface area contributed by atoms with E-state index in [1.165, 1.54) is 4.88 Å². The number of carbonyl (C=O) groups excluding carboxylic acids is 1. The smallest absolute Gasteiger partial charge is 0.273 e. The highest BCUT2D eigenvalue weighted by Gasteiger charge is 2.42. The Morgan fingerprint density at radius 2 is 1.93 bits per heavy atom. The predicted octanol–water partition coefficient (Wildman–Crippen LogP) is 3.41. The van der Waals surface area contributed by atoms with E-state index in [0.717, 1.165) is 62.6 Å². The molecule has 5 rings (SSSR count). The first-order valence-corrected chi connectivity index (χ1v) is 11.0. The van der Waals surface area contributed by atoms with Gasteiger partial charge in [0.25, 0.3) is 5.91 Å². The molecule has 0 aliphatic carbocycles. The zero-order valence-corrected chi connectivity index (χ0v) is 17.0. The summed E-state index contributed by atoms with van der Waals surface area (Å²) < 4.78 is 5.43. The van der Waals surface area contributed by atoms with Crippen molar-refractivity contribution in [3.63, 3.8) is 0 Å². The van der Waals surface area contributed by atoms with E-state index in [1.54, 1.807) is 11.3 Å². The molecule has 4 heterocycles. The monoisotopic (exact) mass is 408 g/mol. The number of aromatic nitrogens is 2. The number of ether oxygens (including phenoxy) is 1. The van der Waals surface area contributed by atoms with Crippen LogP contribution in [0.1, 0.15) is 33.4 Å². The molecule has 1 aromatic carbocycles. The number of nitrogens with zero attached hydrogens (tertiary/aromatic N) is 3. The summed E-state index contributed by atoms with van der Waals surface area (Å²) in [6.45, 7) is 5.28. The van der Waals surface area contributed by atoms with Gasteiger partial charge < -0.3 is 9.64 Å². The number of hydrogen-bond donors (Lipinski definition) is 1. The SMILES string of the molecule is O=C1c2[nH]nc(-c3ccccc3)c2C(c2cccs2)N1CCCN1CCOCC1. The van der Waals surface area contributed by atoms with E-state index in [0.29, 0.717) is 5.69 Å². The lowest BCUT2D eigenvalue weighted by Crippen LogP contribution is -2.38. The molecule has 2 aliphatic rings. The number of nitrogens with one attached hydrogen (secondary N) is 1. The van der Waals surface area contributed by atoms with Crippen LogP contribution in [0.5, 0.6) is 0 Å². The van der Waals surface area contributed by atoms with E-state index < -0.39 is 0 Å². The van der Waals surface area contributed by atoms with Gasteiger partial charge >= 0.3 is 0 Å². The summed E-state index contributed by atoms with van der Waals surface area (Å²) in [6.07, 6.45) is 0.950. The number of H-pyrrole nitrogens is 1. The van der Waals surface area contributed by atoms with Gasteiger partial charge in [-0.3, -0.25) is 14.8 Å². The Labute approximate surface area is 174 Å². The Kier molecular flexibility index (Phi) is 5.18. The third-order valence-corrected chi connectivity index (χ3v) is 6.63. The highest BCUT2D eigenvalue weighted by atomic mass is 32.1. The normalized spacial score (nSPS) is 19.7. The molecule has 0 radical (unpaired) electrons. The summed E-state index contributed by atoms with van der Waals surface area (Å²) in [7, 11) is 0. The molecular formula is C22H24N4O2S. The first-order chi connectivity index (χ1) is 14.3. The van der Waals surface area contributed by atoms with Crippen LogP contribution in [0, 0.1) is 0 Å². The van der Waals surface area contributed by atoms with Crippen molar-refractivity contribution in [1.29, 1.82) is 0 Å². The number of morpholine rings is 1. The molecule has 2 aromatic heterocycles. The van der Waals surface area contributed by atoms with Gasteiger partial charge in [0.1, 0.15) is 5.69 Å². The molecule has 1 unspecified atom stereocenters. The van der Waals surface area contributed by atoms with Crippen LogP contribution in [0.25, 0.3) is 11.3 Å². The number of rotatable bonds is 6. The largest absolute Gasteiger partial charge is 0.379 e. The molecule has 1 atom stereocenters. The van der Waals surface area contributed by atoms with Gasteiger partial charge in [-0.25, -0.2) is 0 Å². The number of fused-ring (bicyclic) bond motifs is 1. The van der Waals surface area contributed by atoms with Crippen LogP contribution < -0.4 is 0 Å². The fourth-order valence-electron chi connectivity index (χ4n) is 4.28. The zero-order chi connectivity index (χ0) is 19.6. The Morgan fingerprint density at radius 1 is 1.10 bits per heavy atom. The number of benzene rings is 1. The van der Waals surface area contributed by atoms with Gasteiger partial charge in [0.15, 0.2) is 0 Å². The summed E-state index contributed by atoms with van der Waals surface area (Å²) >= 11 is 1.70. The molecule has 1 N–H and O–H groups in total. The van der Waals surface area contributed by atoms with E-state index in [-0.39, 0.29) is 11.9 Å². The maximum absolute atomic E-state index is 13.3. The lowest BCUT2D eigenvalue weighted by Gasteiger charge is -2.29. The first-order valence-electron chi connectivity index (χ1n) is 10.1. The van der Waals surface area contributed by atoms with E-state index >= 15 is 0 Å². The van der Waals surface area contributed by atoms with E-state index in [9.17, 15) is 4.79 Å². The average Bonchev–Trinajstić information content (AvgIpc) is 3.49. The van der Waals surface area contributed by atoms with E-state index in [4.69, 9.17) is 4.74 Å². The Morgan fingerprint density at radius 3 is 2.69 bits per heavy atom. The first kappa shape index (κ1) is 18.5. The minimum Gasteiger partial charge on any atom is -0.379 e. The average molecular weight is 409 g/mol. The molecule has 2 aliphatic heterocycles. The van der Waals surface area contributed by atoms with Crippen LogP contribution in [0.4, 0.5) is 0 Å². The Hall–Kier alpha value is -2.48. The van der Waals surface area contributed by atoms with Crippen LogP contribution in [0.15, 0.2) is 47.8 Å². The number of aromatic amines is 1. The number of carbonyl (C=O) groups is 1. The third-order valence-electron chi connectivity index (χ3n) is 5.70. The van der Waals surface area contributed by atoms with Crippen molar-refractivity contribution in [2.24, 2.45) is 0 Å². The number of hydrogen-bond acceptors (Lipinski definition) is 5. The fourth-order valence-corrected chi connectivity index (χ4v) is 5.12. The molecule has 0 bridgehead atoms. The third kappa shape index (κ3) is 3.50. The minimum atomic E-state index is -0.0730. The quantitative estimate of drug-likeness (QED) is 0.679. The molecular weight excluding hydrogens is 384 g/mol. The van der Waals surface area contributed by atoms with Gasteiger partial charge in [0, 0.05) is 42.2 Å². The van der Waals surface area contributed by atoms with Gasteiger partial charge in [0.2, 0.25) is 0 Å². The summed E-state index contributed by atoms with van der Waals surface area (Å²) in [5.41, 5.74) is 3.56. The topological polar surface area (TPSA) is 61.5 Å².